The maximum Gasteiger partial charge on any atom is 0.264 e. The van der Waals surface area contributed by atoms with Gasteiger partial charge in [0.2, 0.25) is 5.91 Å². The van der Waals surface area contributed by atoms with Crippen LogP contribution in [0.1, 0.15) is 19.4 Å². The Morgan fingerprint density at radius 3 is 2.00 bits per heavy atom. The number of amides is 1. The van der Waals surface area contributed by atoms with Gasteiger partial charge in [-0.05, 0) is 57.2 Å². The standard InChI is InChI=1S/C19H23ClN2O3S/c1-4-21(5-2)19(23)14-22(17-10-8-16(20)9-11-17)26(24,25)18-12-6-15(3)7-13-18/h6-13H,4-5,14H2,1-3H3. The van der Waals surface area contributed by atoms with Crippen molar-refractivity contribution in [3.05, 3.63) is 59.1 Å². The zero-order valence-electron chi connectivity index (χ0n) is 15.1. The van der Waals surface area contributed by atoms with E-state index in [9.17, 15) is 13.2 Å². The lowest BCUT2D eigenvalue weighted by atomic mass is 10.2. The first-order valence-corrected chi connectivity index (χ1v) is 10.2. The third-order valence-corrected chi connectivity index (χ3v) is 6.16. The van der Waals surface area contributed by atoms with Gasteiger partial charge in [-0.1, -0.05) is 29.3 Å². The van der Waals surface area contributed by atoms with E-state index in [-0.39, 0.29) is 17.3 Å². The van der Waals surface area contributed by atoms with Crippen LogP contribution in [0.2, 0.25) is 5.02 Å². The number of rotatable bonds is 7. The average Bonchev–Trinajstić information content (AvgIpc) is 2.62. The number of likely N-dealkylation sites (N-methyl/N-ethyl adjacent to an activating group) is 1. The lowest BCUT2D eigenvalue weighted by Crippen LogP contribution is -2.43. The van der Waals surface area contributed by atoms with Gasteiger partial charge in [-0.15, -0.1) is 0 Å². The van der Waals surface area contributed by atoms with Gasteiger partial charge in [-0.3, -0.25) is 9.10 Å². The summed E-state index contributed by atoms with van der Waals surface area (Å²) in [5, 5.41) is 0.497. The second-order valence-electron chi connectivity index (χ2n) is 5.87. The van der Waals surface area contributed by atoms with Crippen LogP contribution >= 0.6 is 11.6 Å². The Bertz CT molecular complexity index is 845. The molecular weight excluding hydrogens is 372 g/mol. The molecule has 0 aliphatic carbocycles. The summed E-state index contributed by atoms with van der Waals surface area (Å²) in [5.74, 6) is -0.249. The van der Waals surface area contributed by atoms with Gasteiger partial charge in [0, 0.05) is 18.1 Å². The molecule has 7 heteroatoms. The summed E-state index contributed by atoms with van der Waals surface area (Å²) in [6.45, 7) is 6.39. The smallest absolute Gasteiger partial charge is 0.264 e. The molecule has 0 aliphatic heterocycles. The molecule has 2 rings (SSSR count). The summed E-state index contributed by atoms with van der Waals surface area (Å²) >= 11 is 5.92. The third-order valence-electron chi connectivity index (χ3n) is 4.12. The van der Waals surface area contributed by atoms with Crippen LogP contribution in [0.25, 0.3) is 0 Å². The lowest BCUT2D eigenvalue weighted by molar-refractivity contribution is -0.129. The molecule has 0 saturated carbocycles. The van der Waals surface area contributed by atoms with Crippen LogP contribution in [0.4, 0.5) is 5.69 Å². The zero-order valence-corrected chi connectivity index (χ0v) is 16.7. The molecule has 0 heterocycles. The number of hydrogen-bond acceptors (Lipinski definition) is 3. The van der Waals surface area contributed by atoms with E-state index in [4.69, 9.17) is 11.6 Å². The molecule has 140 valence electrons. The van der Waals surface area contributed by atoms with Gasteiger partial charge in [0.05, 0.1) is 10.6 Å². The molecule has 0 N–H and O–H groups in total. The van der Waals surface area contributed by atoms with Crippen LogP contribution in [0.15, 0.2) is 53.4 Å². The van der Waals surface area contributed by atoms with Crippen molar-refractivity contribution in [2.24, 2.45) is 0 Å². The van der Waals surface area contributed by atoms with Crippen LogP contribution in [0, 0.1) is 6.92 Å². The molecule has 0 aliphatic rings. The molecule has 0 aromatic heterocycles. The van der Waals surface area contributed by atoms with Gasteiger partial charge in [0.1, 0.15) is 6.54 Å². The summed E-state index contributed by atoms with van der Waals surface area (Å²) in [6, 6.07) is 13.0. The number of hydrogen-bond donors (Lipinski definition) is 0. The molecule has 2 aromatic rings. The lowest BCUT2D eigenvalue weighted by Gasteiger charge is -2.27. The minimum atomic E-state index is -3.89. The van der Waals surface area contributed by atoms with E-state index >= 15 is 0 Å². The molecule has 2 aromatic carbocycles. The highest BCUT2D eigenvalue weighted by Crippen LogP contribution is 2.25. The molecule has 26 heavy (non-hydrogen) atoms. The Hall–Kier alpha value is -2.05. The van der Waals surface area contributed by atoms with Gasteiger partial charge in [0.25, 0.3) is 10.0 Å². The van der Waals surface area contributed by atoms with E-state index in [2.05, 4.69) is 0 Å². The molecule has 0 fully saturated rings. The molecule has 0 unspecified atom stereocenters. The first-order chi connectivity index (χ1) is 12.3. The number of aryl methyl sites for hydroxylation is 1. The Morgan fingerprint density at radius 1 is 0.962 bits per heavy atom. The molecule has 0 atom stereocenters. The van der Waals surface area contributed by atoms with Crippen LogP contribution < -0.4 is 4.31 Å². The van der Waals surface area contributed by atoms with Crippen LogP contribution in [-0.4, -0.2) is 38.9 Å². The van der Waals surface area contributed by atoms with E-state index in [0.717, 1.165) is 9.87 Å². The number of sulfonamides is 1. The normalized spacial score (nSPS) is 11.2. The van der Waals surface area contributed by atoms with E-state index in [0.29, 0.717) is 23.8 Å². The monoisotopic (exact) mass is 394 g/mol. The minimum Gasteiger partial charge on any atom is -0.342 e. The second kappa shape index (κ2) is 8.56. The SMILES string of the molecule is CCN(CC)C(=O)CN(c1ccc(Cl)cc1)S(=O)(=O)c1ccc(C)cc1. The number of nitrogens with zero attached hydrogens (tertiary/aromatic N) is 2. The highest BCUT2D eigenvalue weighted by atomic mass is 35.5. The molecule has 0 radical (unpaired) electrons. The van der Waals surface area contributed by atoms with Crippen molar-refractivity contribution in [1.82, 2.24) is 4.90 Å². The Morgan fingerprint density at radius 2 is 1.50 bits per heavy atom. The number of halogens is 1. The largest absolute Gasteiger partial charge is 0.342 e. The van der Waals surface area contributed by atoms with E-state index in [1.165, 1.54) is 0 Å². The maximum absolute atomic E-state index is 13.2. The summed E-state index contributed by atoms with van der Waals surface area (Å²) in [4.78, 5) is 14.3. The number of anilines is 1. The fraction of sp³-hybridized carbons (Fsp3) is 0.316. The van der Waals surface area contributed by atoms with Crippen molar-refractivity contribution in [2.45, 2.75) is 25.7 Å². The third kappa shape index (κ3) is 4.56. The van der Waals surface area contributed by atoms with Crippen LogP contribution in [-0.2, 0) is 14.8 Å². The topological polar surface area (TPSA) is 57.7 Å². The second-order valence-corrected chi connectivity index (χ2v) is 8.17. The Labute approximate surface area is 160 Å². The molecule has 0 bridgehead atoms. The fourth-order valence-corrected chi connectivity index (χ4v) is 4.10. The van der Waals surface area contributed by atoms with Crippen molar-refractivity contribution < 1.29 is 13.2 Å². The van der Waals surface area contributed by atoms with E-state index < -0.39 is 10.0 Å². The number of carbonyl (C=O) groups is 1. The minimum absolute atomic E-state index is 0.144. The first kappa shape index (κ1) is 20.3. The summed E-state index contributed by atoms with van der Waals surface area (Å²) < 4.78 is 27.5. The quantitative estimate of drug-likeness (QED) is 0.719. The Kier molecular flexibility index (Phi) is 6.67. The molecular formula is C19H23ClN2O3S. The first-order valence-electron chi connectivity index (χ1n) is 8.42. The van der Waals surface area contributed by atoms with Crippen LogP contribution in [0.5, 0.6) is 0 Å². The van der Waals surface area contributed by atoms with Crippen molar-refractivity contribution in [1.29, 1.82) is 0 Å². The summed E-state index contributed by atoms with van der Waals surface area (Å²) in [6.07, 6.45) is 0. The number of benzene rings is 2. The van der Waals surface area contributed by atoms with Gasteiger partial charge in [-0.2, -0.15) is 0 Å². The van der Waals surface area contributed by atoms with Gasteiger partial charge in [0.15, 0.2) is 0 Å². The molecule has 5 nitrogen and oxygen atoms in total. The highest BCUT2D eigenvalue weighted by Gasteiger charge is 2.28. The van der Waals surface area contributed by atoms with Gasteiger partial charge >= 0.3 is 0 Å². The summed E-state index contributed by atoms with van der Waals surface area (Å²) in [7, 11) is -3.89. The van der Waals surface area contributed by atoms with E-state index in [1.54, 1.807) is 53.4 Å². The van der Waals surface area contributed by atoms with Crippen molar-refractivity contribution in [3.8, 4) is 0 Å². The molecule has 0 saturated heterocycles. The predicted octanol–water partition coefficient (Wildman–Crippen LogP) is 3.71. The van der Waals surface area contributed by atoms with Crippen molar-refractivity contribution in [2.75, 3.05) is 23.9 Å². The van der Waals surface area contributed by atoms with E-state index in [1.807, 2.05) is 20.8 Å². The van der Waals surface area contributed by atoms with Crippen molar-refractivity contribution >= 4 is 33.2 Å². The zero-order chi connectivity index (χ0) is 19.3. The number of carbonyl (C=O) groups excluding carboxylic acids is 1. The predicted molar refractivity (Wildman–Crippen MR) is 105 cm³/mol. The van der Waals surface area contributed by atoms with Crippen LogP contribution in [0.3, 0.4) is 0 Å². The van der Waals surface area contributed by atoms with Gasteiger partial charge < -0.3 is 4.90 Å². The average molecular weight is 395 g/mol. The molecule has 0 spiro atoms. The fourth-order valence-electron chi connectivity index (χ4n) is 2.56. The van der Waals surface area contributed by atoms with Crippen molar-refractivity contribution in [3.63, 3.8) is 0 Å². The Balaban J connectivity index is 2.47. The maximum atomic E-state index is 13.2. The summed E-state index contributed by atoms with van der Waals surface area (Å²) in [5.41, 5.74) is 1.36. The van der Waals surface area contributed by atoms with Gasteiger partial charge in [-0.25, -0.2) is 8.42 Å². The molecule has 1 amide bonds. The highest BCUT2D eigenvalue weighted by molar-refractivity contribution is 7.92.